The molecular formula is C26H27ClF2N4O. The topological polar surface area (TPSA) is 61.6 Å². The first-order valence-electron chi connectivity index (χ1n) is 11.4. The molecule has 2 fully saturated rings. The largest absolute Gasteiger partial charge is 0.396 e. The first-order valence-corrected chi connectivity index (χ1v) is 11.8. The molecule has 178 valence electrons. The molecule has 34 heavy (non-hydrogen) atoms. The fourth-order valence-corrected chi connectivity index (χ4v) is 5.66. The van der Waals surface area contributed by atoms with E-state index in [0.717, 1.165) is 13.0 Å². The Balaban J connectivity index is 1.75. The molecule has 3 aliphatic heterocycles. The third-order valence-electron chi connectivity index (χ3n) is 7.32. The Bertz CT molecular complexity index is 1290. The Kier molecular flexibility index (Phi) is 5.26. The SMILES string of the molecule is C=C1C(C(C)=O)=CN(c2cc(N)c(F)cc2CC)c2c(Cl)c(N3CC4(CCN4)C3)c(F)c(C)c21. The summed E-state index contributed by atoms with van der Waals surface area (Å²) < 4.78 is 30.1. The van der Waals surface area contributed by atoms with Crippen molar-refractivity contribution >= 4 is 45.7 Å². The van der Waals surface area contributed by atoms with Gasteiger partial charge in [0, 0.05) is 30.4 Å². The maximum atomic E-state index is 15.8. The summed E-state index contributed by atoms with van der Waals surface area (Å²) in [6.07, 6.45) is 3.22. The van der Waals surface area contributed by atoms with E-state index in [-0.39, 0.29) is 22.0 Å². The van der Waals surface area contributed by atoms with E-state index in [1.807, 2.05) is 11.8 Å². The Morgan fingerprint density at radius 1 is 1.29 bits per heavy atom. The van der Waals surface area contributed by atoms with Crippen LogP contribution in [-0.2, 0) is 11.2 Å². The zero-order valence-electron chi connectivity index (χ0n) is 19.5. The Labute approximate surface area is 202 Å². The third-order valence-corrected chi connectivity index (χ3v) is 7.67. The number of carbonyl (C=O) groups excluding carboxylic acids is 1. The highest BCUT2D eigenvalue weighted by Crippen LogP contribution is 2.53. The zero-order chi connectivity index (χ0) is 24.5. The van der Waals surface area contributed by atoms with Crippen LogP contribution >= 0.6 is 11.6 Å². The predicted octanol–water partition coefficient (Wildman–Crippen LogP) is 5.26. The monoisotopic (exact) mass is 484 g/mol. The van der Waals surface area contributed by atoms with Crippen molar-refractivity contribution in [2.45, 2.75) is 39.2 Å². The van der Waals surface area contributed by atoms with Crippen molar-refractivity contribution < 1.29 is 13.6 Å². The van der Waals surface area contributed by atoms with Crippen molar-refractivity contribution in [2.75, 3.05) is 35.2 Å². The first-order chi connectivity index (χ1) is 16.1. The fourth-order valence-electron chi connectivity index (χ4n) is 5.27. The van der Waals surface area contributed by atoms with E-state index in [4.69, 9.17) is 17.3 Å². The maximum absolute atomic E-state index is 15.8. The number of nitrogens with one attached hydrogen (secondary N) is 1. The van der Waals surface area contributed by atoms with Gasteiger partial charge in [-0.3, -0.25) is 4.79 Å². The number of halogens is 3. The standard InChI is InChI=1S/C26H27ClF2N4O/c1-5-16-8-18(28)19(30)9-20(16)33-10-17(15(4)34)13(2)21-14(3)23(29)25(22(27)24(21)33)32-11-26(12-32)6-7-31-26/h8-10,31H,2,5-7,11-12,30H2,1,3-4H3. The minimum absolute atomic E-state index is 0.0214. The van der Waals surface area contributed by atoms with Gasteiger partial charge in [0.1, 0.15) is 5.82 Å². The normalized spacial score (nSPS) is 18.4. The molecule has 0 saturated carbocycles. The Hall–Kier alpha value is -2.90. The number of fused-ring (bicyclic) bond motifs is 1. The van der Waals surface area contributed by atoms with E-state index in [1.165, 1.54) is 19.1 Å². The fraction of sp³-hybridized carbons (Fsp3) is 0.346. The van der Waals surface area contributed by atoms with Crippen LogP contribution in [0.15, 0.2) is 30.5 Å². The highest BCUT2D eigenvalue weighted by atomic mass is 35.5. The lowest BCUT2D eigenvalue weighted by molar-refractivity contribution is -0.113. The first kappa shape index (κ1) is 22.9. The van der Waals surface area contributed by atoms with E-state index < -0.39 is 11.6 Å². The summed E-state index contributed by atoms with van der Waals surface area (Å²) in [7, 11) is 0. The van der Waals surface area contributed by atoms with Gasteiger partial charge in [-0.15, -0.1) is 0 Å². The third kappa shape index (κ3) is 3.17. The quantitative estimate of drug-likeness (QED) is 0.579. The van der Waals surface area contributed by atoms with Crippen LogP contribution in [0.2, 0.25) is 5.02 Å². The van der Waals surface area contributed by atoms with Crippen molar-refractivity contribution in [1.82, 2.24) is 5.32 Å². The molecule has 5 rings (SSSR count). The molecule has 3 aliphatic rings. The van der Waals surface area contributed by atoms with Crippen molar-refractivity contribution in [1.29, 1.82) is 0 Å². The van der Waals surface area contributed by atoms with Crippen molar-refractivity contribution in [3.8, 4) is 0 Å². The minimum atomic E-state index is -0.515. The van der Waals surface area contributed by atoms with Gasteiger partial charge in [0.15, 0.2) is 11.6 Å². The number of benzene rings is 2. The van der Waals surface area contributed by atoms with Gasteiger partial charge in [-0.25, -0.2) is 8.78 Å². The lowest BCUT2D eigenvalue weighted by Gasteiger charge is -2.57. The van der Waals surface area contributed by atoms with E-state index in [2.05, 4.69) is 11.9 Å². The van der Waals surface area contributed by atoms with Crippen molar-refractivity contribution in [2.24, 2.45) is 0 Å². The molecule has 3 N–H and O–H groups in total. The molecule has 2 aromatic carbocycles. The summed E-state index contributed by atoms with van der Waals surface area (Å²) in [5.41, 5.74) is 9.67. The van der Waals surface area contributed by atoms with E-state index in [9.17, 15) is 9.18 Å². The number of nitrogens with zero attached hydrogens (tertiary/aromatic N) is 2. The number of anilines is 4. The van der Waals surface area contributed by atoms with Crippen LogP contribution < -0.4 is 20.9 Å². The van der Waals surface area contributed by atoms with Gasteiger partial charge in [-0.2, -0.15) is 0 Å². The summed E-state index contributed by atoms with van der Waals surface area (Å²) in [6.45, 7) is 11.4. The van der Waals surface area contributed by atoms with Gasteiger partial charge in [0.25, 0.3) is 0 Å². The van der Waals surface area contributed by atoms with E-state index in [0.29, 0.717) is 64.4 Å². The molecule has 0 unspecified atom stereocenters. The molecule has 0 radical (unpaired) electrons. The number of aryl methyl sites for hydroxylation is 1. The summed E-state index contributed by atoms with van der Waals surface area (Å²) in [5.74, 6) is -1.15. The lowest BCUT2D eigenvalue weighted by atomic mass is 9.79. The molecule has 0 bridgehead atoms. The van der Waals surface area contributed by atoms with Gasteiger partial charge in [0.05, 0.1) is 33.3 Å². The highest BCUT2D eigenvalue weighted by Gasteiger charge is 2.49. The second-order valence-electron chi connectivity index (χ2n) is 9.44. The maximum Gasteiger partial charge on any atom is 0.161 e. The Morgan fingerprint density at radius 3 is 2.53 bits per heavy atom. The molecule has 8 heteroatoms. The van der Waals surface area contributed by atoms with Gasteiger partial charge in [-0.05, 0) is 62.1 Å². The van der Waals surface area contributed by atoms with E-state index in [1.54, 1.807) is 18.0 Å². The van der Waals surface area contributed by atoms with Gasteiger partial charge in [0.2, 0.25) is 0 Å². The van der Waals surface area contributed by atoms with Crippen LogP contribution in [0.4, 0.5) is 31.5 Å². The van der Waals surface area contributed by atoms with Crippen molar-refractivity contribution in [3.63, 3.8) is 0 Å². The van der Waals surface area contributed by atoms with Gasteiger partial charge < -0.3 is 20.9 Å². The van der Waals surface area contributed by atoms with Crippen LogP contribution in [0.5, 0.6) is 0 Å². The molecule has 0 aliphatic carbocycles. The van der Waals surface area contributed by atoms with Gasteiger partial charge in [-0.1, -0.05) is 25.1 Å². The summed E-state index contributed by atoms with van der Waals surface area (Å²) in [5, 5.41) is 3.67. The number of rotatable bonds is 4. The van der Waals surface area contributed by atoms with Gasteiger partial charge >= 0.3 is 0 Å². The Morgan fingerprint density at radius 2 is 1.97 bits per heavy atom. The molecule has 2 saturated heterocycles. The summed E-state index contributed by atoms with van der Waals surface area (Å²) in [4.78, 5) is 16.2. The smallest absolute Gasteiger partial charge is 0.161 e. The number of nitrogen functional groups attached to an aromatic ring is 1. The summed E-state index contributed by atoms with van der Waals surface area (Å²) in [6, 6.07) is 2.92. The number of hydrogen-bond donors (Lipinski definition) is 2. The second-order valence-corrected chi connectivity index (χ2v) is 9.82. The molecule has 5 nitrogen and oxygen atoms in total. The van der Waals surface area contributed by atoms with Crippen molar-refractivity contribution in [3.05, 3.63) is 63.8 Å². The number of ketones is 1. The van der Waals surface area contributed by atoms with Crippen LogP contribution in [0.25, 0.3) is 5.57 Å². The number of hydrogen-bond acceptors (Lipinski definition) is 5. The minimum Gasteiger partial charge on any atom is -0.396 e. The number of nitrogens with two attached hydrogens (primary N) is 1. The molecule has 0 atom stereocenters. The molecule has 2 aromatic rings. The van der Waals surface area contributed by atoms with E-state index >= 15 is 4.39 Å². The number of carbonyl (C=O) groups is 1. The predicted molar refractivity (Wildman–Crippen MR) is 134 cm³/mol. The van der Waals surface area contributed by atoms with Crippen LogP contribution in [0.3, 0.4) is 0 Å². The molecule has 3 heterocycles. The van der Waals surface area contributed by atoms with Crippen LogP contribution in [-0.4, -0.2) is 31.0 Å². The summed E-state index contributed by atoms with van der Waals surface area (Å²) >= 11 is 6.97. The molecule has 1 spiro atoms. The number of Topliss-reactive ketones (excluding diaryl/α,β-unsaturated/α-hetero) is 1. The van der Waals surface area contributed by atoms with Crippen LogP contribution in [0, 0.1) is 18.6 Å². The average molecular weight is 485 g/mol. The van der Waals surface area contributed by atoms with Crippen LogP contribution in [0.1, 0.15) is 37.0 Å². The molecular weight excluding hydrogens is 458 g/mol. The molecule has 0 aromatic heterocycles. The second kappa shape index (κ2) is 7.82. The average Bonchev–Trinajstić information content (AvgIpc) is 2.73. The number of allylic oxidation sites excluding steroid dienone is 2. The lowest BCUT2D eigenvalue weighted by Crippen LogP contribution is -2.76. The zero-order valence-corrected chi connectivity index (χ0v) is 20.2. The highest BCUT2D eigenvalue weighted by molar-refractivity contribution is 6.37. The molecule has 0 amide bonds.